The van der Waals surface area contributed by atoms with E-state index in [1.54, 1.807) is 0 Å². The molecule has 0 radical (unpaired) electrons. The van der Waals surface area contributed by atoms with E-state index >= 15 is 0 Å². The molecule has 2 unspecified atom stereocenters. The normalized spacial score (nSPS) is 30.8. The third-order valence-electron chi connectivity index (χ3n) is 4.56. The molecule has 5 heteroatoms. The molecule has 0 aromatic heterocycles. The number of nitrogens with two attached hydrogens (primary N) is 2. The molecule has 1 aliphatic carbocycles. The molecule has 0 aromatic carbocycles. The maximum atomic E-state index is 6.07. The van der Waals surface area contributed by atoms with Gasteiger partial charge in [-0.05, 0) is 52.6 Å². The average molecular weight is 264 g/mol. The zero-order valence-corrected chi connectivity index (χ0v) is 12.6. The van der Waals surface area contributed by atoms with E-state index in [0.29, 0.717) is 0 Å². The lowest BCUT2D eigenvalue weighted by Crippen LogP contribution is -2.41. The number of hydrogen-bond acceptors (Lipinski definition) is 4. The van der Waals surface area contributed by atoms with E-state index in [-0.39, 0.29) is 30.3 Å². The largest absolute Gasteiger partial charge is 0.490 e. The Bertz CT molecular complexity index is 411. The fourth-order valence-electron chi connectivity index (χ4n) is 2.43. The van der Waals surface area contributed by atoms with Crippen LogP contribution >= 0.6 is 0 Å². The second kappa shape index (κ2) is 4.65. The van der Waals surface area contributed by atoms with Gasteiger partial charge in [0.1, 0.15) is 0 Å². The number of hydrogen-bond donors (Lipinski definition) is 2. The van der Waals surface area contributed by atoms with Crippen LogP contribution in [-0.2, 0) is 9.31 Å². The van der Waals surface area contributed by atoms with Gasteiger partial charge in [-0.1, -0.05) is 6.08 Å². The second-order valence-electron chi connectivity index (χ2n) is 6.67. The highest BCUT2D eigenvalue weighted by atomic mass is 16.7. The fraction of sp³-hybridized carbons (Fsp3) is 0.714. The summed E-state index contributed by atoms with van der Waals surface area (Å²) in [5, 5.41) is 0. The Morgan fingerprint density at radius 2 is 1.74 bits per heavy atom. The van der Waals surface area contributed by atoms with Gasteiger partial charge in [0.2, 0.25) is 0 Å². The molecule has 2 rings (SSSR count). The van der Waals surface area contributed by atoms with Crippen molar-refractivity contribution in [3.63, 3.8) is 0 Å². The Kier molecular flexibility index (Phi) is 3.58. The third-order valence-corrected chi connectivity index (χ3v) is 4.56. The SMILES string of the molecule is CC(N)C1CC(B2OC(C)(C)C(C)(C)O2)=CC=C1N. The van der Waals surface area contributed by atoms with Gasteiger partial charge in [-0.25, -0.2) is 0 Å². The van der Waals surface area contributed by atoms with Crippen molar-refractivity contribution >= 4 is 7.12 Å². The van der Waals surface area contributed by atoms with Crippen molar-refractivity contribution in [1.29, 1.82) is 0 Å². The maximum Gasteiger partial charge on any atom is 0.490 e. The summed E-state index contributed by atoms with van der Waals surface area (Å²) in [6, 6.07) is 0.0300. The zero-order chi connectivity index (χ0) is 14.4. The van der Waals surface area contributed by atoms with E-state index in [0.717, 1.165) is 17.6 Å². The van der Waals surface area contributed by atoms with Crippen molar-refractivity contribution in [3.8, 4) is 0 Å². The zero-order valence-electron chi connectivity index (χ0n) is 12.6. The smallest absolute Gasteiger partial charge is 0.402 e. The lowest BCUT2D eigenvalue weighted by atomic mass is 9.69. The summed E-state index contributed by atoms with van der Waals surface area (Å²) in [4.78, 5) is 0. The minimum Gasteiger partial charge on any atom is -0.402 e. The minimum atomic E-state index is -0.310. The molecule has 0 saturated carbocycles. The quantitative estimate of drug-likeness (QED) is 0.745. The summed E-state index contributed by atoms with van der Waals surface area (Å²) >= 11 is 0. The lowest BCUT2D eigenvalue weighted by Gasteiger charge is -2.32. The molecule has 0 bridgehead atoms. The molecule has 106 valence electrons. The summed E-state index contributed by atoms with van der Waals surface area (Å²) in [5.41, 5.74) is 13.3. The first-order valence-electron chi connectivity index (χ1n) is 6.91. The van der Waals surface area contributed by atoms with Gasteiger partial charge in [-0.3, -0.25) is 0 Å². The van der Waals surface area contributed by atoms with Crippen molar-refractivity contribution < 1.29 is 9.31 Å². The molecule has 1 saturated heterocycles. The van der Waals surface area contributed by atoms with E-state index < -0.39 is 0 Å². The number of rotatable bonds is 2. The molecule has 0 spiro atoms. The molecule has 19 heavy (non-hydrogen) atoms. The monoisotopic (exact) mass is 264 g/mol. The Labute approximate surface area is 116 Å². The van der Waals surface area contributed by atoms with Gasteiger partial charge in [-0.2, -0.15) is 0 Å². The molecule has 4 nitrogen and oxygen atoms in total. The molecule has 1 heterocycles. The van der Waals surface area contributed by atoms with E-state index in [2.05, 4.69) is 27.7 Å². The summed E-state index contributed by atoms with van der Waals surface area (Å²) < 4.78 is 12.1. The molecular weight excluding hydrogens is 239 g/mol. The molecule has 1 fully saturated rings. The van der Waals surface area contributed by atoms with Crippen molar-refractivity contribution in [2.75, 3.05) is 0 Å². The second-order valence-corrected chi connectivity index (χ2v) is 6.67. The first kappa shape index (κ1) is 14.6. The van der Waals surface area contributed by atoms with E-state index in [9.17, 15) is 0 Å². The molecule has 4 N–H and O–H groups in total. The van der Waals surface area contributed by atoms with Crippen LogP contribution in [0.1, 0.15) is 41.0 Å². The first-order valence-corrected chi connectivity index (χ1v) is 6.91. The Hall–Kier alpha value is -0.775. The van der Waals surface area contributed by atoms with Crippen LogP contribution in [0.3, 0.4) is 0 Å². The highest BCUT2D eigenvalue weighted by molar-refractivity contribution is 6.54. The van der Waals surface area contributed by atoms with Gasteiger partial charge in [0, 0.05) is 17.7 Å². The summed E-state index contributed by atoms with van der Waals surface area (Å²) in [6.45, 7) is 10.2. The highest BCUT2D eigenvalue weighted by Gasteiger charge is 2.52. The average Bonchev–Trinajstić information content (AvgIpc) is 2.48. The summed E-state index contributed by atoms with van der Waals surface area (Å²) in [5.74, 6) is 0.166. The van der Waals surface area contributed by atoms with Crippen molar-refractivity contribution in [2.24, 2.45) is 17.4 Å². The Morgan fingerprint density at radius 1 is 1.21 bits per heavy atom. The van der Waals surface area contributed by atoms with Crippen LogP contribution < -0.4 is 11.5 Å². The molecule has 0 amide bonds. The van der Waals surface area contributed by atoms with Crippen LogP contribution in [0.4, 0.5) is 0 Å². The first-order chi connectivity index (χ1) is 8.64. The van der Waals surface area contributed by atoms with Crippen LogP contribution in [0.25, 0.3) is 0 Å². The van der Waals surface area contributed by atoms with E-state index in [4.69, 9.17) is 20.8 Å². The van der Waals surface area contributed by atoms with Gasteiger partial charge >= 0.3 is 7.12 Å². The Morgan fingerprint density at radius 3 is 2.21 bits per heavy atom. The fourth-order valence-corrected chi connectivity index (χ4v) is 2.43. The standard InChI is InChI=1S/C14H25BN2O2/c1-9(16)11-8-10(6-7-12(11)17)15-18-13(2,3)14(4,5)19-15/h6-7,9,11H,8,16-17H2,1-5H3. The van der Waals surface area contributed by atoms with Crippen LogP contribution in [0.15, 0.2) is 23.3 Å². The summed E-state index contributed by atoms with van der Waals surface area (Å²) in [6.07, 6.45) is 4.74. The third kappa shape index (κ3) is 2.60. The van der Waals surface area contributed by atoms with Gasteiger partial charge in [0.05, 0.1) is 11.2 Å². The minimum absolute atomic E-state index is 0.0300. The molecule has 0 aromatic rings. The van der Waals surface area contributed by atoms with Gasteiger partial charge in [0.25, 0.3) is 0 Å². The van der Waals surface area contributed by atoms with Crippen LogP contribution in [0, 0.1) is 5.92 Å². The predicted molar refractivity (Wildman–Crippen MR) is 78.2 cm³/mol. The maximum absolute atomic E-state index is 6.07. The molecule has 2 aliphatic rings. The van der Waals surface area contributed by atoms with E-state index in [1.807, 2.05) is 19.1 Å². The molecule has 1 aliphatic heterocycles. The number of allylic oxidation sites excluding steroid dienone is 3. The molecule has 2 atom stereocenters. The highest BCUT2D eigenvalue weighted by Crippen LogP contribution is 2.40. The lowest BCUT2D eigenvalue weighted by molar-refractivity contribution is 0.00578. The van der Waals surface area contributed by atoms with Gasteiger partial charge < -0.3 is 20.8 Å². The predicted octanol–water partition coefficient (Wildman–Crippen LogP) is 1.75. The van der Waals surface area contributed by atoms with Crippen LogP contribution in [0.2, 0.25) is 0 Å². The Balaban J connectivity index is 2.17. The van der Waals surface area contributed by atoms with Gasteiger partial charge in [0.15, 0.2) is 0 Å². The van der Waals surface area contributed by atoms with Gasteiger partial charge in [-0.15, -0.1) is 0 Å². The van der Waals surface area contributed by atoms with Crippen molar-refractivity contribution in [2.45, 2.75) is 58.3 Å². The van der Waals surface area contributed by atoms with Crippen molar-refractivity contribution in [1.82, 2.24) is 0 Å². The molecular formula is C14H25BN2O2. The van der Waals surface area contributed by atoms with Crippen molar-refractivity contribution in [3.05, 3.63) is 23.3 Å². The van der Waals surface area contributed by atoms with Crippen LogP contribution in [-0.4, -0.2) is 24.4 Å². The van der Waals surface area contributed by atoms with Crippen LogP contribution in [0.5, 0.6) is 0 Å². The summed E-state index contributed by atoms with van der Waals surface area (Å²) in [7, 11) is -0.296. The van der Waals surface area contributed by atoms with E-state index in [1.165, 1.54) is 0 Å². The topological polar surface area (TPSA) is 70.5 Å².